The average Bonchev–Trinajstić information content (AvgIpc) is 2.80. The van der Waals surface area contributed by atoms with Gasteiger partial charge in [-0.2, -0.15) is 0 Å². The molecule has 0 atom stereocenters. The van der Waals surface area contributed by atoms with Gasteiger partial charge in [0.1, 0.15) is 0 Å². The highest BCUT2D eigenvalue weighted by molar-refractivity contribution is 5.65. The van der Waals surface area contributed by atoms with E-state index in [2.05, 4.69) is 11.1 Å². The molecule has 1 aromatic heterocycles. The summed E-state index contributed by atoms with van der Waals surface area (Å²) in [6.07, 6.45) is 6.52. The van der Waals surface area contributed by atoms with E-state index in [1.165, 1.54) is 5.57 Å². The van der Waals surface area contributed by atoms with Gasteiger partial charge in [-0.25, -0.2) is 0 Å². The topological polar surface area (TPSA) is 51.3 Å². The second-order valence-corrected chi connectivity index (χ2v) is 4.48. The summed E-state index contributed by atoms with van der Waals surface area (Å²) in [5.41, 5.74) is 2.27. The third-order valence-corrected chi connectivity index (χ3v) is 3.40. The van der Waals surface area contributed by atoms with E-state index in [1.807, 2.05) is 6.07 Å². The van der Waals surface area contributed by atoms with Crippen molar-refractivity contribution in [2.24, 2.45) is 0 Å². The largest absolute Gasteiger partial charge is 0.347 e. The summed E-state index contributed by atoms with van der Waals surface area (Å²) < 4.78 is 11.3. The molecule has 1 aromatic rings. The summed E-state index contributed by atoms with van der Waals surface area (Å²) >= 11 is 0. The van der Waals surface area contributed by atoms with Gasteiger partial charge in [0.25, 0.3) is 0 Å². The Bertz CT molecular complexity index is 477. The first-order chi connectivity index (χ1) is 8.27. The molecule has 1 spiro atoms. The summed E-state index contributed by atoms with van der Waals surface area (Å²) in [5, 5.41) is 0. The van der Waals surface area contributed by atoms with Gasteiger partial charge in [0.2, 0.25) is 5.56 Å². The van der Waals surface area contributed by atoms with Gasteiger partial charge in [0.15, 0.2) is 5.79 Å². The van der Waals surface area contributed by atoms with Gasteiger partial charge >= 0.3 is 0 Å². The zero-order chi connectivity index (χ0) is 11.7. The highest BCUT2D eigenvalue weighted by Gasteiger charge is 2.37. The molecule has 0 bridgehead atoms. The van der Waals surface area contributed by atoms with Crippen LogP contribution in [0.2, 0.25) is 0 Å². The van der Waals surface area contributed by atoms with Crippen LogP contribution in [0, 0.1) is 0 Å². The molecule has 0 radical (unpaired) electrons. The standard InChI is InChI=1S/C13H15NO3/c15-12-2-1-11(9-14-12)10-3-5-13(6-4-10)16-7-8-17-13/h1-3,9H,4-8H2,(H,14,15). The number of hydrogen-bond acceptors (Lipinski definition) is 3. The first kappa shape index (κ1) is 10.7. The van der Waals surface area contributed by atoms with Gasteiger partial charge in [0, 0.05) is 25.1 Å². The number of H-pyrrole nitrogens is 1. The van der Waals surface area contributed by atoms with Gasteiger partial charge in [-0.05, 0) is 23.6 Å². The Kier molecular flexibility index (Phi) is 2.61. The van der Waals surface area contributed by atoms with Crippen LogP contribution < -0.4 is 5.56 Å². The van der Waals surface area contributed by atoms with E-state index in [4.69, 9.17) is 9.47 Å². The predicted octanol–water partition coefficient (Wildman–Crippen LogP) is 1.69. The van der Waals surface area contributed by atoms with Gasteiger partial charge in [-0.3, -0.25) is 4.79 Å². The summed E-state index contributed by atoms with van der Waals surface area (Å²) in [5.74, 6) is -0.369. The lowest BCUT2D eigenvalue weighted by Crippen LogP contribution is -2.31. The van der Waals surface area contributed by atoms with E-state index in [0.29, 0.717) is 13.2 Å². The summed E-state index contributed by atoms with van der Waals surface area (Å²) in [6, 6.07) is 3.42. The Hall–Kier alpha value is -1.39. The van der Waals surface area contributed by atoms with Crippen LogP contribution in [0.5, 0.6) is 0 Å². The van der Waals surface area contributed by atoms with Crippen LogP contribution in [-0.2, 0) is 9.47 Å². The van der Waals surface area contributed by atoms with E-state index in [-0.39, 0.29) is 11.3 Å². The third kappa shape index (κ3) is 2.06. The van der Waals surface area contributed by atoms with Crippen molar-refractivity contribution in [1.82, 2.24) is 4.98 Å². The number of ether oxygens (including phenoxy) is 2. The Labute approximate surface area is 99.3 Å². The zero-order valence-electron chi connectivity index (χ0n) is 9.57. The molecule has 90 valence electrons. The first-order valence-corrected chi connectivity index (χ1v) is 5.94. The Morgan fingerprint density at radius 1 is 1.24 bits per heavy atom. The first-order valence-electron chi connectivity index (χ1n) is 5.94. The summed E-state index contributed by atoms with van der Waals surface area (Å²) in [6.45, 7) is 1.39. The SMILES string of the molecule is O=c1ccc(C2=CCC3(CC2)OCCO3)c[nH]1. The van der Waals surface area contributed by atoms with Crippen LogP contribution in [-0.4, -0.2) is 24.0 Å². The average molecular weight is 233 g/mol. The van der Waals surface area contributed by atoms with Gasteiger partial charge < -0.3 is 14.5 Å². The van der Waals surface area contributed by atoms with Gasteiger partial charge in [0.05, 0.1) is 13.2 Å². The monoisotopic (exact) mass is 233 g/mol. The molecule has 1 saturated heterocycles. The molecule has 0 amide bonds. The predicted molar refractivity (Wildman–Crippen MR) is 63.5 cm³/mol. The number of nitrogens with one attached hydrogen (secondary N) is 1. The fourth-order valence-corrected chi connectivity index (χ4v) is 2.44. The van der Waals surface area contributed by atoms with Crippen LogP contribution in [0.4, 0.5) is 0 Å². The lowest BCUT2D eigenvalue weighted by molar-refractivity contribution is -0.159. The lowest BCUT2D eigenvalue weighted by Gasteiger charge is -2.30. The highest BCUT2D eigenvalue weighted by Crippen LogP contribution is 2.37. The second-order valence-electron chi connectivity index (χ2n) is 4.48. The normalized spacial score (nSPS) is 22.7. The second kappa shape index (κ2) is 4.13. The van der Waals surface area contributed by atoms with Crippen molar-refractivity contribution in [3.05, 3.63) is 40.3 Å². The fourth-order valence-electron chi connectivity index (χ4n) is 2.44. The van der Waals surface area contributed by atoms with E-state index < -0.39 is 0 Å². The highest BCUT2D eigenvalue weighted by atomic mass is 16.7. The maximum Gasteiger partial charge on any atom is 0.247 e. The van der Waals surface area contributed by atoms with Crippen molar-refractivity contribution in [2.45, 2.75) is 25.0 Å². The van der Waals surface area contributed by atoms with Crippen molar-refractivity contribution in [3.8, 4) is 0 Å². The lowest BCUT2D eigenvalue weighted by atomic mass is 9.90. The van der Waals surface area contributed by atoms with Crippen LogP contribution in [0.3, 0.4) is 0 Å². The number of pyridine rings is 1. The summed E-state index contributed by atoms with van der Waals surface area (Å²) in [7, 11) is 0. The molecule has 1 aliphatic heterocycles. The summed E-state index contributed by atoms with van der Waals surface area (Å²) in [4.78, 5) is 13.7. The number of aromatic amines is 1. The van der Waals surface area contributed by atoms with E-state index in [0.717, 1.165) is 24.8 Å². The molecule has 1 N–H and O–H groups in total. The van der Waals surface area contributed by atoms with Crippen molar-refractivity contribution in [2.75, 3.05) is 13.2 Å². The minimum Gasteiger partial charge on any atom is -0.347 e. The molecule has 1 fully saturated rings. The van der Waals surface area contributed by atoms with Crippen molar-refractivity contribution < 1.29 is 9.47 Å². The van der Waals surface area contributed by atoms with Gasteiger partial charge in [-0.1, -0.05) is 6.08 Å². The van der Waals surface area contributed by atoms with Crippen LogP contribution >= 0.6 is 0 Å². The molecular weight excluding hydrogens is 218 g/mol. The molecule has 4 nitrogen and oxygen atoms in total. The molecule has 0 aromatic carbocycles. The van der Waals surface area contributed by atoms with E-state index >= 15 is 0 Å². The maximum atomic E-state index is 11.0. The maximum absolute atomic E-state index is 11.0. The smallest absolute Gasteiger partial charge is 0.247 e. The quantitative estimate of drug-likeness (QED) is 0.803. The minimum absolute atomic E-state index is 0.0657. The molecule has 3 rings (SSSR count). The molecule has 2 aliphatic rings. The molecule has 2 heterocycles. The van der Waals surface area contributed by atoms with Crippen LogP contribution in [0.25, 0.3) is 5.57 Å². The van der Waals surface area contributed by atoms with Crippen molar-refractivity contribution in [3.63, 3.8) is 0 Å². The Morgan fingerprint density at radius 3 is 2.65 bits per heavy atom. The Balaban J connectivity index is 1.80. The van der Waals surface area contributed by atoms with Crippen LogP contribution in [0.15, 0.2) is 29.2 Å². The van der Waals surface area contributed by atoms with E-state index in [1.54, 1.807) is 12.3 Å². The number of aromatic nitrogens is 1. The molecule has 1 aliphatic carbocycles. The number of hydrogen-bond donors (Lipinski definition) is 1. The van der Waals surface area contributed by atoms with Crippen LogP contribution in [0.1, 0.15) is 24.8 Å². The third-order valence-electron chi connectivity index (χ3n) is 3.40. The molecule has 17 heavy (non-hydrogen) atoms. The zero-order valence-corrected chi connectivity index (χ0v) is 9.57. The molecule has 0 unspecified atom stereocenters. The molecule has 4 heteroatoms. The number of rotatable bonds is 1. The Morgan fingerprint density at radius 2 is 2.06 bits per heavy atom. The molecular formula is C13H15NO3. The van der Waals surface area contributed by atoms with Gasteiger partial charge in [-0.15, -0.1) is 0 Å². The van der Waals surface area contributed by atoms with Crippen molar-refractivity contribution in [1.29, 1.82) is 0 Å². The van der Waals surface area contributed by atoms with Crippen molar-refractivity contribution >= 4 is 5.57 Å². The number of allylic oxidation sites excluding steroid dienone is 1. The fraction of sp³-hybridized carbons (Fsp3) is 0.462. The van der Waals surface area contributed by atoms with E-state index in [9.17, 15) is 4.79 Å². The molecule has 0 saturated carbocycles. The minimum atomic E-state index is -0.369.